The molecule has 19 heavy (non-hydrogen) atoms. The van der Waals surface area contributed by atoms with Crippen molar-refractivity contribution in [1.82, 2.24) is 15.0 Å². The summed E-state index contributed by atoms with van der Waals surface area (Å²) in [6.45, 7) is 5.57. The van der Waals surface area contributed by atoms with E-state index in [0.717, 1.165) is 12.5 Å². The zero-order chi connectivity index (χ0) is 13.7. The lowest BCUT2D eigenvalue weighted by Gasteiger charge is -2.12. The highest BCUT2D eigenvalue weighted by atomic mass is 16.5. The minimum absolute atomic E-state index is 0.285. The van der Waals surface area contributed by atoms with Crippen molar-refractivity contribution in [1.29, 1.82) is 0 Å². The number of nitrogen functional groups attached to an aromatic ring is 1. The molecule has 0 aliphatic heterocycles. The highest BCUT2D eigenvalue weighted by Gasteiger charge is 2.21. The number of nitrogens with zero attached hydrogens (tertiary/aromatic N) is 3. The maximum Gasteiger partial charge on any atom is 0.323 e. The standard InChI is InChI=1S/C12H22N6O/c1-3-19-12-16-10(15-11(17-12)18-13)14-7-9-5-4-8(2)6-9/h8-9H,3-7,13H2,1-2H3,(H2,14,15,16,17,18). The van der Waals surface area contributed by atoms with Crippen LogP contribution in [-0.4, -0.2) is 28.1 Å². The van der Waals surface area contributed by atoms with E-state index < -0.39 is 0 Å². The molecule has 1 aliphatic rings. The maximum atomic E-state index is 5.33. The average Bonchev–Trinajstić information content (AvgIpc) is 2.82. The lowest BCUT2D eigenvalue weighted by Crippen LogP contribution is -2.17. The van der Waals surface area contributed by atoms with Crippen LogP contribution in [0.3, 0.4) is 0 Å². The molecule has 1 aromatic rings. The fourth-order valence-corrected chi connectivity index (χ4v) is 2.44. The van der Waals surface area contributed by atoms with Crippen LogP contribution in [0.2, 0.25) is 0 Å². The van der Waals surface area contributed by atoms with E-state index in [1.165, 1.54) is 19.3 Å². The number of aromatic nitrogens is 3. The van der Waals surface area contributed by atoms with Crippen LogP contribution in [0, 0.1) is 11.8 Å². The van der Waals surface area contributed by atoms with Gasteiger partial charge < -0.3 is 10.1 Å². The van der Waals surface area contributed by atoms with Gasteiger partial charge in [0.1, 0.15) is 0 Å². The first-order chi connectivity index (χ1) is 9.21. The second-order valence-corrected chi connectivity index (χ2v) is 5.01. The number of nitrogens with two attached hydrogens (primary N) is 1. The quantitative estimate of drug-likeness (QED) is 0.529. The Morgan fingerprint density at radius 3 is 2.68 bits per heavy atom. The SMILES string of the molecule is CCOc1nc(NN)nc(NCC2CCC(C)C2)n1. The molecule has 0 bridgehead atoms. The van der Waals surface area contributed by atoms with E-state index in [4.69, 9.17) is 10.6 Å². The second-order valence-electron chi connectivity index (χ2n) is 5.01. The molecule has 1 aliphatic carbocycles. The van der Waals surface area contributed by atoms with Gasteiger partial charge >= 0.3 is 6.01 Å². The Bertz CT molecular complexity index is 413. The van der Waals surface area contributed by atoms with E-state index in [2.05, 4.69) is 32.6 Å². The lowest BCUT2D eigenvalue weighted by molar-refractivity contribution is 0.312. The number of hydrogen-bond acceptors (Lipinski definition) is 7. The summed E-state index contributed by atoms with van der Waals surface area (Å²) in [4.78, 5) is 12.4. The maximum absolute atomic E-state index is 5.33. The Balaban J connectivity index is 1.96. The first-order valence-electron chi connectivity index (χ1n) is 6.80. The molecule has 2 atom stereocenters. The van der Waals surface area contributed by atoms with E-state index in [0.29, 0.717) is 24.4 Å². The molecule has 1 fully saturated rings. The molecule has 0 saturated heterocycles. The molecule has 0 radical (unpaired) electrons. The molecule has 0 amide bonds. The van der Waals surface area contributed by atoms with Crippen molar-refractivity contribution in [2.75, 3.05) is 23.9 Å². The molecule has 0 aromatic carbocycles. The topological polar surface area (TPSA) is 98.0 Å². The Morgan fingerprint density at radius 2 is 2.05 bits per heavy atom. The molecular formula is C12H22N6O. The van der Waals surface area contributed by atoms with Gasteiger partial charge in [0.25, 0.3) is 0 Å². The van der Waals surface area contributed by atoms with Crippen LogP contribution in [0.5, 0.6) is 6.01 Å². The Morgan fingerprint density at radius 1 is 1.26 bits per heavy atom. The number of anilines is 2. The summed E-state index contributed by atoms with van der Waals surface area (Å²) in [5.74, 6) is 7.66. The van der Waals surface area contributed by atoms with Gasteiger partial charge in [0.15, 0.2) is 0 Å². The van der Waals surface area contributed by atoms with Crippen molar-refractivity contribution in [3.8, 4) is 6.01 Å². The Kier molecular flexibility index (Phi) is 4.73. The summed E-state index contributed by atoms with van der Waals surface area (Å²) in [5, 5.41) is 3.24. The van der Waals surface area contributed by atoms with E-state index in [-0.39, 0.29) is 6.01 Å². The summed E-state index contributed by atoms with van der Waals surface area (Å²) in [5.41, 5.74) is 2.42. The van der Waals surface area contributed by atoms with Crippen LogP contribution >= 0.6 is 0 Å². The Labute approximate surface area is 113 Å². The highest BCUT2D eigenvalue weighted by molar-refractivity contribution is 5.34. The van der Waals surface area contributed by atoms with Crippen molar-refractivity contribution in [3.05, 3.63) is 0 Å². The summed E-state index contributed by atoms with van der Waals surface area (Å²) < 4.78 is 5.28. The fraction of sp³-hybridized carbons (Fsp3) is 0.750. The normalized spacial score (nSPS) is 22.3. The van der Waals surface area contributed by atoms with Gasteiger partial charge in [-0.3, -0.25) is 5.43 Å². The highest BCUT2D eigenvalue weighted by Crippen LogP contribution is 2.30. The molecule has 0 spiro atoms. The minimum Gasteiger partial charge on any atom is -0.464 e. The molecule has 7 nitrogen and oxygen atoms in total. The van der Waals surface area contributed by atoms with Crippen molar-refractivity contribution in [2.45, 2.75) is 33.1 Å². The Hall–Kier alpha value is -1.63. The summed E-state index contributed by atoms with van der Waals surface area (Å²) in [7, 11) is 0. The van der Waals surface area contributed by atoms with Crippen molar-refractivity contribution in [2.24, 2.45) is 17.7 Å². The zero-order valence-electron chi connectivity index (χ0n) is 11.5. The molecule has 1 saturated carbocycles. The summed E-state index contributed by atoms with van der Waals surface area (Å²) in [6, 6.07) is 0.285. The van der Waals surface area contributed by atoms with Crippen molar-refractivity contribution in [3.63, 3.8) is 0 Å². The molecule has 4 N–H and O–H groups in total. The van der Waals surface area contributed by atoms with Gasteiger partial charge in [-0.2, -0.15) is 15.0 Å². The number of rotatable bonds is 6. The second kappa shape index (κ2) is 6.51. The third kappa shape index (κ3) is 3.92. The third-order valence-corrected chi connectivity index (χ3v) is 3.37. The van der Waals surface area contributed by atoms with Gasteiger partial charge in [-0.15, -0.1) is 0 Å². The number of hydrazine groups is 1. The third-order valence-electron chi connectivity index (χ3n) is 3.37. The first-order valence-corrected chi connectivity index (χ1v) is 6.80. The molecule has 1 aromatic heterocycles. The van der Waals surface area contributed by atoms with Crippen LogP contribution in [0.4, 0.5) is 11.9 Å². The van der Waals surface area contributed by atoms with Gasteiger partial charge in [0.05, 0.1) is 6.61 Å². The van der Waals surface area contributed by atoms with Gasteiger partial charge in [-0.05, 0) is 31.6 Å². The smallest absolute Gasteiger partial charge is 0.323 e. The van der Waals surface area contributed by atoms with Gasteiger partial charge in [0, 0.05) is 6.54 Å². The lowest BCUT2D eigenvalue weighted by atomic mass is 10.1. The van der Waals surface area contributed by atoms with Gasteiger partial charge in [-0.25, -0.2) is 5.84 Å². The van der Waals surface area contributed by atoms with Crippen molar-refractivity contribution >= 4 is 11.9 Å². The minimum atomic E-state index is 0.285. The van der Waals surface area contributed by atoms with E-state index in [1.54, 1.807) is 0 Å². The molecule has 1 heterocycles. The molecule has 2 unspecified atom stereocenters. The number of nitrogens with one attached hydrogen (secondary N) is 2. The predicted octanol–water partition coefficient (Wildman–Crippen LogP) is 1.40. The van der Waals surface area contributed by atoms with E-state index in [9.17, 15) is 0 Å². The fourth-order valence-electron chi connectivity index (χ4n) is 2.44. The van der Waals surface area contributed by atoms with E-state index >= 15 is 0 Å². The molecule has 2 rings (SSSR count). The molecule has 106 valence electrons. The average molecular weight is 266 g/mol. The first kappa shape index (κ1) is 13.8. The van der Waals surface area contributed by atoms with Gasteiger partial charge in [0.2, 0.25) is 11.9 Å². The largest absolute Gasteiger partial charge is 0.464 e. The molecule has 7 heteroatoms. The predicted molar refractivity (Wildman–Crippen MR) is 73.8 cm³/mol. The van der Waals surface area contributed by atoms with Crippen LogP contribution in [0.25, 0.3) is 0 Å². The number of ether oxygens (including phenoxy) is 1. The number of hydrogen-bond donors (Lipinski definition) is 3. The monoisotopic (exact) mass is 266 g/mol. The van der Waals surface area contributed by atoms with Crippen LogP contribution in [-0.2, 0) is 0 Å². The van der Waals surface area contributed by atoms with Crippen LogP contribution < -0.4 is 21.3 Å². The zero-order valence-corrected chi connectivity index (χ0v) is 11.5. The van der Waals surface area contributed by atoms with Gasteiger partial charge in [-0.1, -0.05) is 13.3 Å². The molecular weight excluding hydrogens is 244 g/mol. The van der Waals surface area contributed by atoms with Crippen LogP contribution in [0.1, 0.15) is 33.1 Å². The summed E-state index contributed by atoms with van der Waals surface area (Å²) in [6.07, 6.45) is 3.83. The van der Waals surface area contributed by atoms with E-state index in [1.807, 2.05) is 6.92 Å². The van der Waals surface area contributed by atoms with Crippen LogP contribution in [0.15, 0.2) is 0 Å². The van der Waals surface area contributed by atoms with Crippen molar-refractivity contribution < 1.29 is 4.74 Å². The summed E-state index contributed by atoms with van der Waals surface area (Å²) >= 11 is 0.